The van der Waals surface area contributed by atoms with Gasteiger partial charge in [-0.3, -0.25) is 4.90 Å². The van der Waals surface area contributed by atoms with Crippen molar-refractivity contribution in [2.24, 2.45) is 0 Å². The van der Waals surface area contributed by atoms with Crippen LogP contribution in [-0.2, 0) is 0 Å². The third-order valence-corrected chi connectivity index (χ3v) is 2.16. The van der Waals surface area contributed by atoms with Gasteiger partial charge in [0, 0.05) is 31.7 Å². The zero-order valence-electron chi connectivity index (χ0n) is 8.25. The van der Waals surface area contributed by atoms with E-state index in [1.807, 2.05) is 6.92 Å². The molecule has 0 amide bonds. The molecule has 72 valence electrons. The third-order valence-electron chi connectivity index (χ3n) is 2.16. The van der Waals surface area contributed by atoms with Crippen molar-refractivity contribution in [1.82, 2.24) is 10.2 Å². The highest BCUT2D eigenvalue weighted by Gasteiger charge is 2.21. The maximum absolute atomic E-state index is 9.22. The van der Waals surface area contributed by atoms with Gasteiger partial charge < -0.3 is 10.4 Å². The van der Waals surface area contributed by atoms with Gasteiger partial charge in [0.1, 0.15) is 0 Å². The van der Waals surface area contributed by atoms with Crippen LogP contribution in [0.1, 0.15) is 20.8 Å². The van der Waals surface area contributed by atoms with E-state index in [0.717, 1.165) is 19.6 Å². The van der Waals surface area contributed by atoms with Crippen molar-refractivity contribution in [2.75, 3.05) is 19.6 Å². The molecule has 1 aliphatic rings. The topological polar surface area (TPSA) is 35.5 Å². The molecule has 0 spiro atoms. The van der Waals surface area contributed by atoms with Crippen LogP contribution in [0.15, 0.2) is 0 Å². The fraction of sp³-hybridized carbons (Fsp3) is 1.00. The van der Waals surface area contributed by atoms with Crippen LogP contribution in [0.5, 0.6) is 0 Å². The zero-order valence-corrected chi connectivity index (χ0v) is 8.25. The van der Waals surface area contributed by atoms with Crippen LogP contribution in [0, 0.1) is 0 Å². The smallest absolute Gasteiger partial charge is 0.0639 e. The Kier molecular flexibility index (Phi) is 3.50. The highest BCUT2D eigenvalue weighted by Crippen LogP contribution is 2.04. The molecular weight excluding hydrogens is 152 g/mol. The Morgan fingerprint density at radius 1 is 1.42 bits per heavy atom. The SMILES string of the molecule is CC1CN(C[C@@H](C)O)CC(C)N1. The molecule has 0 aromatic rings. The molecule has 3 atom stereocenters. The summed E-state index contributed by atoms with van der Waals surface area (Å²) < 4.78 is 0. The maximum atomic E-state index is 9.22. The van der Waals surface area contributed by atoms with Crippen LogP contribution in [0.4, 0.5) is 0 Å². The molecule has 1 heterocycles. The van der Waals surface area contributed by atoms with Crippen molar-refractivity contribution < 1.29 is 5.11 Å². The molecule has 12 heavy (non-hydrogen) atoms. The molecule has 0 radical (unpaired) electrons. The normalized spacial score (nSPS) is 35.0. The second-order valence-corrected chi connectivity index (χ2v) is 4.04. The lowest BCUT2D eigenvalue weighted by molar-refractivity contribution is 0.0951. The van der Waals surface area contributed by atoms with Gasteiger partial charge in [0.25, 0.3) is 0 Å². The van der Waals surface area contributed by atoms with E-state index < -0.39 is 0 Å². The summed E-state index contributed by atoms with van der Waals surface area (Å²) in [6.07, 6.45) is -0.206. The Balaban J connectivity index is 2.34. The fourth-order valence-electron chi connectivity index (χ4n) is 1.96. The van der Waals surface area contributed by atoms with Gasteiger partial charge in [-0.2, -0.15) is 0 Å². The second kappa shape index (κ2) is 4.21. The summed E-state index contributed by atoms with van der Waals surface area (Å²) in [6.45, 7) is 9.12. The number of aliphatic hydroxyl groups excluding tert-OH is 1. The predicted octanol–water partition coefficient (Wildman–Crippen LogP) is 0.0494. The van der Waals surface area contributed by atoms with Crippen LogP contribution < -0.4 is 5.32 Å². The maximum Gasteiger partial charge on any atom is 0.0639 e. The van der Waals surface area contributed by atoms with Crippen LogP contribution in [0.25, 0.3) is 0 Å². The average Bonchev–Trinajstić information content (AvgIpc) is 1.81. The fourth-order valence-corrected chi connectivity index (χ4v) is 1.96. The summed E-state index contributed by atoms with van der Waals surface area (Å²) in [5, 5.41) is 12.7. The lowest BCUT2D eigenvalue weighted by atomic mass is 10.1. The van der Waals surface area contributed by atoms with Crippen LogP contribution in [0.3, 0.4) is 0 Å². The van der Waals surface area contributed by atoms with Crippen LogP contribution in [0.2, 0.25) is 0 Å². The minimum atomic E-state index is -0.206. The van der Waals surface area contributed by atoms with Gasteiger partial charge >= 0.3 is 0 Å². The summed E-state index contributed by atoms with van der Waals surface area (Å²) in [4.78, 5) is 2.32. The number of aliphatic hydroxyl groups is 1. The standard InChI is InChI=1S/C9H20N2O/c1-7-4-11(6-9(3)12)5-8(2)10-7/h7-10,12H,4-6H2,1-3H3/t7?,8?,9-/m1/s1. The molecule has 3 heteroatoms. The van der Waals surface area contributed by atoms with Crippen molar-refractivity contribution >= 4 is 0 Å². The van der Waals surface area contributed by atoms with E-state index in [9.17, 15) is 5.11 Å². The van der Waals surface area contributed by atoms with Gasteiger partial charge in [-0.1, -0.05) is 0 Å². The van der Waals surface area contributed by atoms with E-state index in [1.54, 1.807) is 0 Å². The molecule has 0 bridgehead atoms. The van der Waals surface area contributed by atoms with Gasteiger partial charge in [0.15, 0.2) is 0 Å². The third kappa shape index (κ3) is 3.09. The zero-order chi connectivity index (χ0) is 9.14. The lowest BCUT2D eigenvalue weighted by Gasteiger charge is -2.36. The molecular formula is C9H20N2O. The first-order valence-electron chi connectivity index (χ1n) is 4.74. The summed E-state index contributed by atoms with van der Waals surface area (Å²) in [5.74, 6) is 0. The molecule has 2 unspecified atom stereocenters. The molecule has 0 saturated carbocycles. The molecule has 3 nitrogen and oxygen atoms in total. The van der Waals surface area contributed by atoms with Gasteiger partial charge in [0.2, 0.25) is 0 Å². The van der Waals surface area contributed by atoms with E-state index in [-0.39, 0.29) is 6.10 Å². The summed E-state index contributed by atoms with van der Waals surface area (Å²) in [5.41, 5.74) is 0. The van der Waals surface area contributed by atoms with Crippen LogP contribution in [-0.4, -0.2) is 47.8 Å². The van der Waals surface area contributed by atoms with Gasteiger partial charge in [0.05, 0.1) is 6.10 Å². The Morgan fingerprint density at radius 2 is 1.92 bits per heavy atom. The molecule has 0 aromatic heterocycles. The van der Waals surface area contributed by atoms with Crippen molar-refractivity contribution in [3.05, 3.63) is 0 Å². The van der Waals surface area contributed by atoms with E-state index >= 15 is 0 Å². The van der Waals surface area contributed by atoms with Gasteiger partial charge in [-0.05, 0) is 20.8 Å². The number of β-amino-alcohol motifs (C(OH)–C–C–N with tert-alkyl or cyclic N) is 1. The Labute approximate surface area is 74.8 Å². The molecule has 1 rings (SSSR count). The number of nitrogens with one attached hydrogen (secondary N) is 1. The average molecular weight is 172 g/mol. The monoisotopic (exact) mass is 172 g/mol. The molecule has 1 aliphatic heterocycles. The predicted molar refractivity (Wildman–Crippen MR) is 50.2 cm³/mol. The van der Waals surface area contributed by atoms with Crippen molar-refractivity contribution in [3.63, 3.8) is 0 Å². The first-order chi connectivity index (χ1) is 5.58. The van der Waals surface area contributed by atoms with E-state index in [0.29, 0.717) is 12.1 Å². The van der Waals surface area contributed by atoms with E-state index in [4.69, 9.17) is 0 Å². The summed E-state index contributed by atoms with van der Waals surface area (Å²) in [6, 6.07) is 1.10. The Hall–Kier alpha value is -0.120. The minimum Gasteiger partial charge on any atom is -0.392 e. The molecule has 2 N–H and O–H groups in total. The number of piperazine rings is 1. The van der Waals surface area contributed by atoms with E-state index in [1.165, 1.54) is 0 Å². The second-order valence-electron chi connectivity index (χ2n) is 4.04. The highest BCUT2D eigenvalue weighted by atomic mass is 16.3. The Bertz CT molecular complexity index is 126. The summed E-state index contributed by atoms with van der Waals surface area (Å²) >= 11 is 0. The highest BCUT2D eigenvalue weighted by molar-refractivity contribution is 4.81. The first kappa shape index (κ1) is 9.96. The number of hydrogen-bond acceptors (Lipinski definition) is 3. The minimum absolute atomic E-state index is 0.206. The molecule has 1 saturated heterocycles. The lowest BCUT2D eigenvalue weighted by Crippen LogP contribution is -2.55. The Morgan fingerprint density at radius 3 is 2.33 bits per heavy atom. The molecule has 0 aliphatic carbocycles. The first-order valence-corrected chi connectivity index (χ1v) is 4.74. The molecule has 1 fully saturated rings. The molecule has 0 aromatic carbocycles. The van der Waals surface area contributed by atoms with Crippen molar-refractivity contribution in [1.29, 1.82) is 0 Å². The van der Waals surface area contributed by atoms with Crippen molar-refractivity contribution in [3.8, 4) is 0 Å². The number of hydrogen-bond donors (Lipinski definition) is 2. The quantitative estimate of drug-likeness (QED) is 0.618. The van der Waals surface area contributed by atoms with Crippen LogP contribution >= 0.6 is 0 Å². The van der Waals surface area contributed by atoms with Gasteiger partial charge in [-0.15, -0.1) is 0 Å². The number of rotatable bonds is 2. The summed E-state index contributed by atoms with van der Waals surface area (Å²) in [7, 11) is 0. The number of nitrogens with zero attached hydrogens (tertiary/aromatic N) is 1. The van der Waals surface area contributed by atoms with Crippen molar-refractivity contribution in [2.45, 2.75) is 39.0 Å². The largest absolute Gasteiger partial charge is 0.392 e. The van der Waals surface area contributed by atoms with Gasteiger partial charge in [-0.25, -0.2) is 0 Å². The van der Waals surface area contributed by atoms with E-state index in [2.05, 4.69) is 24.1 Å².